The number of aliphatic hydroxyl groups is 1. The lowest BCUT2D eigenvalue weighted by atomic mass is 9.97. The molecule has 1 amide bonds. The largest absolute Gasteiger partial charge is 0.395 e. The average Bonchev–Trinajstić information content (AvgIpc) is 2.54. The number of carbonyl (C=O) groups is 2. The maximum Gasteiger partial charge on any atom is 0.254 e. The molecule has 2 rings (SSSR count). The number of nitrogens with zero attached hydrogens (tertiary/aromatic N) is 1. The van der Waals surface area contributed by atoms with Crippen molar-refractivity contribution in [3.05, 3.63) is 69.7 Å². The summed E-state index contributed by atoms with van der Waals surface area (Å²) in [5.41, 5.74) is 1.20. The highest BCUT2D eigenvalue weighted by Gasteiger charge is 2.21. The van der Waals surface area contributed by atoms with Gasteiger partial charge in [-0.05, 0) is 18.2 Å². The normalized spacial score (nSPS) is 10.3. The van der Waals surface area contributed by atoms with Crippen LogP contribution in [0.3, 0.4) is 0 Å². The Morgan fingerprint density at radius 2 is 1.77 bits per heavy atom. The van der Waals surface area contributed by atoms with Crippen molar-refractivity contribution in [1.29, 1.82) is 0 Å². The van der Waals surface area contributed by atoms with E-state index in [1.54, 1.807) is 49.5 Å². The van der Waals surface area contributed by atoms with E-state index in [-0.39, 0.29) is 24.8 Å². The van der Waals surface area contributed by atoms with Crippen LogP contribution in [0.5, 0.6) is 0 Å². The van der Waals surface area contributed by atoms with Crippen molar-refractivity contribution in [3.8, 4) is 0 Å². The van der Waals surface area contributed by atoms with Crippen LogP contribution >= 0.6 is 15.9 Å². The fraction of sp³-hybridized carbons (Fsp3) is 0.176. The molecule has 1 N–H and O–H groups in total. The molecule has 22 heavy (non-hydrogen) atoms. The maximum absolute atomic E-state index is 12.7. The number of benzene rings is 2. The molecule has 0 unspecified atom stereocenters. The van der Waals surface area contributed by atoms with E-state index in [9.17, 15) is 9.59 Å². The van der Waals surface area contributed by atoms with Crippen molar-refractivity contribution in [2.24, 2.45) is 0 Å². The van der Waals surface area contributed by atoms with Crippen LogP contribution in [0.15, 0.2) is 53.0 Å². The molecule has 2 aromatic rings. The van der Waals surface area contributed by atoms with Gasteiger partial charge in [-0.1, -0.05) is 46.3 Å². The fourth-order valence-electron chi connectivity index (χ4n) is 2.09. The first-order valence-corrected chi connectivity index (χ1v) is 7.59. The Morgan fingerprint density at radius 3 is 2.41 bits per heavy atom. The minimum atomic E-state index is -0.291. The number of aliphatic hydroxyl groups excluding tert-OH is 1. The van der Waals surface area contributed by atoms with Crippen LogP contribution in [0.2, 0.25) is 0 Å². The first-order valence-electron chi connectivity index (χ1n) is 6.80. The van der Waals surface area contributed by atoms with E-state index in [0.29, 0.717) is 16.7 Å². The Morgan fingerprint density at radius 1 is 1.09 bits per heavy atom. The van der Waals surface area contributed by atoms with E-state index in [1.807, 2.05) is 6.07 Å². The molecule has 0 atom stereocenters. The Kier molecular flexibility index (Phi) is 5.46. The molecule has 0 spiro atoms. The van der Waals surface area contributed by atoms with Crippen molar-refractivity contribution in [2.75, 3.05) is 20.2 Å². The smallest absolute Gasteiger partial charge is 0.254 e. The van der Waals surface area contributed by atoms with E-state index in [2.05, 4.69) is 15.9 Å². The number of hydrogen-bond donors (Lipinski definition) is 1. The van der Waals surface area contributed by atoms with Crippen molar-refractivity contribution >= 4 is 27.6 Å². The van der Waals surface area contributed by atoms with E-state index >= 15 is 0 Å². The predicted octanol–water partition coefficient (Wildman–Crippen LogP) is 2.74. The lowest BCUT2D eigenvalue weighted by Gasteiger charge is -2.18. The second kappa shape index (κ2) is 7.33. The number of likely N-dealkylation sites (N-methyl/N-ethyl adjacent to an activating group) is 1. The van der Waals surface area contributed by atoms with E-state index in [0.717, 1.165) is 4.47 Å². The van der Waals surface area contributed by atoms with Crippen LogP contribution in [0.25, 0.3) is 0 Å². The van der Waals surface area contributed by atoms with Crippen LogP contribution in [-0.4, -0.2) is 41.9 Å². The van der Waals surface area contributed by atoms with Crippen LogP contribution in [0, 0.1) is 0 Å². The van der Waals surface area contributed by atoms with Gasteiger partial charge in [0, 0.05) is 29.2 Å². The van der Waals surface area contributed by atoms with Crippen molar-refractivity contribution in [2.45, 2.75) is 0 Å². The zero-order valence-electron chi connectivity index (χ0n) is 12.1. The SMILES string of the molecule is CN(CCO)C(=O)c1ccc(Br)cc1C(=O)c1ccccc1. The van der Waals surface area contributed by atoms with Crippen molar-refractivity contribution in [1.82, 2.24) is 4.90 Å². The topological polar surface area (TPSA) is 57.6 Å². The van der Waals surface area contributed by atoms with Crippen LogP contribution < -0.4 is 0 Å². The molecule has 2 aromatic carbocycles. The minimum absolute atomic E-state index is 0.124. The fourth-order valence-corrected chi connectivity index (χ4v) is 2.45. The molecule has 0 fully saturated rings. The summed E-state index contributed by atoms with van der Waals surface area (Å²) < 4.78 is 0.730. The third-order valence-electron chi connectivity index (χ3n) is 3.27. The zero-order chi connectivity index (χ0) is 16.1. The molecule has 0 aliphatic rings. The minimum Gasteiger partial charge on any atom is -0.395 e. The van der Waals surface area contributed by atoms with Gasteiger partial charge in [0.2, 0.25) is 0 Å². The summed E-state index contributed by atoms with van der Waals surface area (Å²) in [4.78, 5) is 26.5. The highest BCUT2D eigenvalue weighted by Crippen LogP contribution is 2.21. The molecule has 0 heterocycles. The molecule has 0 aromatic heterocycles. The summed E-state index contributed by atoms with van der Waals surface area (Å²) in [6.45, 7) is 0.0919. The van der Waals surface area contributed by atoms with Crippen LogP contribution in [0.4, 0.5) is 0 Å². The first-order chi connectivity index (χ1) is 10.5. The number of carbonyl (C=O) groups excluding carboxylic acids is 2. The van der Waals surface area contributed by atoms with Crippen molar-refractivity contribution < 1.29 is 14.7 Å². The summed E-state index contributed by atoms with van der Waals surface area (Å²) in [6.07, 6.45) is 0. The number of rotatable bonds is 5. The van der Waals surface area contributed by atoms with Gasteiger partial charge in [-0.15, -0.1) is 0 Å². The lowest BCUT2D eigenvalue weighted by molar-refractivity contribution is 0.0763. The summed E-state index contributed by atoms with van der Waals surface area (Å²) in [5, 5.41) is 8.96. The van der Waals surface area contributed by atoms with Gasteiger partial charge in [0.25, 0.3) is 5.91 Å². The monoisotopic (exact) mass is 361 g/mol. The van der Waals surface area contributed by atoms with Gasteiger partial charge in [-0.2, -0.15) is 0 Å². The molecule has 0 saturated carbocycles. The highest BCUT2D eigenvalue weighted by molar-refractivity contribution is 9.10. The Hall–Kier alpha value is -1.98. The van der Waals surface area contributed by atoms with Gasteiger partial charge in [0.15, 0.2) is 5.78 Å². The third kappa shape index (κ3) is 3.61. The predicted molar refractivity (Wildman–Crippen MR) is 88.1 cm³/mol. The molecular formula is C17H16BrNO3. The van der Waals surface area contributed by atoms with Crippen LogP contribution in [0.1, 0.15) is 26.3 Å². The molecule has 0 radical (unpaired) electrons. The lowest BCUT2D eigenvalue weighted by Crippen LogP contribution is -2.30. The number of ketones is 1. The van der Waals surface area contributed by atoms with Gasteiger partial charge in [-0.25, -0.2) is 0 Å². The molecular weight excluding hydrogens is 346 g/mol. The Balaban J connectivity index is 2.45. The second-order valence-electron chi connectivity index (χ2n) is 4.84. The molecule has 0 saturated heterocycles. The second-order valence-corrected chi connectivity index (χ2v) is 5.75. The number of halogens is 1. The molecule has 114 valence electrons. The summed E-state index contributed by atoms with van der Waals surface area (Å²) in [5.74, 6) is -0.497. The molecule has 5 heteroatoms. The zero-order valence-corrected chi connectivity index (χ0v) is 13.7. The highest BCUT2D eigenvalue weighted by atomic mass is 79.9. The third-order valence-corrected chi connectivity index (χ3v) is 3.77. The van der Waals surface area contributed by atoms with E-state index in [4.69, 9.17) is 5.11 Å². The Labute approximate surface area is 137 Å². The molecule has 0 bridgehead atoms. The summed E-state index contributed by atoms with van der Waals surface area (Å²) >= 11 is 3.34. The van der Waals surface area contributed by atoms with Gasteiger partial charge in [0.05, 0.1) is 12.2 Å². The van der Waals surface area contributed by atoms with Crippen molar-refractivity contribution in [3.63, 3.8) is 0 Å². The standard InChI is InChI=1S/C17H16BrNO3/c1-19(9-10-20)17(22)14-8-7-13(18)11-15(14)16(21)12-5-3-2-4-6-12/h2-8,11,20H,9-10H2,1H3. The van der Waals surface area contributed by atoms with Gasteiger partial charge >= 0.3 is 0 Å². The molecule has 4 nitrogen and oxygen atoms in total. The summed E-state index contributed by atoms with van der Waals surface area (Å²) in [6, 6.07) is 13.8. The Bertz CT molecular complexity index is 686. The van der Waals surface area contributed by atoms with Crippen LogP contribution in [-0.2, 0) is 0 Å². The van der Waals surface area contributed by atoms with E-state index < -0.39 is 0 Å². The first kappa shape index (κ1) is 16.4. The average molecular weight is 362 g/mol. The molecule has 0 aliphatic heterocycles. The summed E-state index contributed by atoms with van der Waals surface area (Å²) in [7, 11) is 1.59. The number of hydrogen-bond acceptors (Lipinski definition) is 3. The molecule has 0 aliphatic carbocycles. The number of amides is 1. The van der Waals surface area contributed by atoms with E-state index in [1.165, 1.54) is 4.90 Å². The van der Waals surface area contributed by atoms with Gasteiger partial charge in [0.1, 0.15) is 0 Å². The quantitative estimate of drug-likeness (QED) is 0.833. The van der Waals surface area contributed by atoms with Gasteiger partial charge < -0.3 is 10.0 Å². The van der Waals surface area contributed by atoms with Gasteiger partial charge in [-0.3, -0.25) is 9.59 Å². The maximum atomic E-state index is 12.7.